The van der Waals surface area contributed by atoms with Crippen molar-refractivity contribution in [2.24, 2.45) is 0 Å². The van der Waals surface area contributed by atoms with Gasteiger partial charge in [0.1, 0.15) is 5.75 Å². The third-order valence-corrected chi connectivity index (χ3v) is 2.89. The van der Waals surface area contributed by atoms with Crippen molar-refractivity contribution in [2.45, 2.75) is 25.1 Å². The summed E-state index contributed by atoms with van der Waals surface area (Å²) in [6, 6.07) is 5.58. The second-order valence-corrected chi connectivity index (χ2v) is 5.59. The number of methoxy groups -OCH3 is 1. The Labute approximate surface area is 111 Å². The monoisotopic (exact) mass is 299 g/mol. The fraction of sp³-hybridized carbons (Fsp3) is 0.462. The molecule has 17 heavy (non-hydrogen) atoms. The lowest BCUT2D eigenvalue weighted by Crippen LogP contribution is -2.26. The maximum absolute atomic E-state index is 12.0. The molecule has 0 radical (unpaired) electrons. The molecule has 1 rings (SSSR count). The number of ether oxygens (including phenoxy) is 1. The molecule has 0 fully saturated rings. The Morgan fingerprint density at radius 1 is 1.53 bits per heavy atom. The van der Waals surface area contributed by atoms with Crippen molar-refractivity contribution in [3.63, 3.8) is 0 Å². The molecule has 0 aliphatic rings. The quantitative estimate of drug-likeness (QED) is 0.849. The van der Waals surface area contributed by atoms with Crippen molar-refractivity contribution in [3.05, 3.63) is 29.3 Å². The van der Waals surface area contributed by atoms with E-state index in [0.29, 0.717) is 22.7 Å². The molecule has 0 aromatic heterocycles. The van der Waals surface area contributed by atoms with Crippen LogP contribution in [0.2, 0.25) is 0 Å². The van der Waals surface area contributed by atoms with E-state index in [1.54, 1.807) is 7.11 Å². The highest BCUT2D eigenvalue weighted by atomic mass is 79.9. The zero-order valence-corrected chi connectivity index (χ0v) is 12.0. The molecule has 0 aliphatic heterocycles. The standard InChI is InChI=1S/C13H18BrNO2/c1-9-4-5-12(17-3)11(8-9)13(16)15-7-6-10(2)14/h4-5,8,10H,6-7H2,1-3H3,(H,15,16). The first-order valence-corrected chi connectivity index (χ1v) is 6.53. The summed E-state index contributed by atoms with van der Waals surface area (Å²) in [6.07, 6.45) is 0.903. The van der Waals surface area contributed by atoms with E-state index in [1.807, 2.05) is 25.1 Å². The number of carbonyl (C=O) groups excluding carboxylic acids is 1. The molecule has 1 unspecified atom stereocenters. The molecule has 0 spiro atoms. The summed E-state index contributed by atoms with van der Waals surface area (Å²) in [7, 11) is 1.57. The van der Waals surface area contributed by atoms with E-state index < -0.39 is 0 Å². The summed E-state index contributed by atoms with van der Waals surface area (Å²) < 4.78 is 5.18. The molecule has 1 amide bonds. The lowest BCUT2D eigenvalue weighted by Gasteiger charge is -2.10. The molecule has 0 saturated heterocycles. The van der Waals surface area contributed by atoms with E-state index in [0.717, 1.165) is 12.0 Å². The smallest absolute Gasteiger partial charge is 0.255 e. The normalized spacial score (nSPS) is 12.0. The van der Waals surface area contributed by atoms with Crippen molar-refractivity contribution in [2.75, 3.05) is 13.7 Å². The number of alkyl halides is 1. The van der Waals surface area contributed by atoms with Crippen molar-refractivity contribution < 1.29 is 9.53 Å². The van der Waals surface area contributed by atoms with Crippen LogP contribution in [0.3, 0.4) is 0 Å². The summed E-state index contributed by atoms with van der Waals surface area (Å²) in [5.74, 6) is 0.527. The van der Waals surface area contributed by atoms with Gasteiger partial charge < -0.3 is 10.1 Å². The molecule has 4 heteroatoms. The highest BCUT2D eigenvalue weighted by Gasteiger charge is 2.11. The van der Waals surface area contributed by atoms with Crippen molar-refractivity contribution >= 4 is 21.8 Å². The number of nitrogens with one attached hydrogen (secondary N) is 1. The van der Waals surface area contributed by atoms with Crippen LogP contribution in [-0.2, 0) is 0 Å². The Hall–Kier alpha value is -1.03. The lowest BCUT2D eigenvalue weighted by molar-refractivity contribution is 0.0950. The second kappa shape index (κ2) is 6.64. The van der Waals surface area contributed by atoms with Gasteiger partial charge in [-0.3, -0.25) is 4.79 Å². The van der Waals surface area contributed by atoms with E-state index in [1.165, 1.54) is 0 Å². The number of halogens is 1. The molecule has 1 aromatic carbocycles. The first-order chi connectivity index (χ1) is 8.04. The number of hydrogen-bond donors (Lipinski definition) is 1. The topological polar surface area (TPSA) is 38.3 Å². The van der Waals surface area contributed by atoms with E-state index in [4.69, 9.17) is 4.74 Å². The molecule has 94 valence electrons. The molecule has 1 atom stereocenters. The average molecular weight is 300 g/mol. The van der Waals surface area contributed by atoms with Gasteiger partial charge in [-0.05, 0) is 25.5 Å². The van der Waals surface area contributed by atoms with Gasteiger partial charge in [0.15, 0.2) is 0 Å². The molecule has 1 N–H and O–H groups in total. The number of amides is 1. The van der Waals surface area contributed by atoms with E-state index in [-0.39, 0.29) is 5.91 Å². The first-order valence-electron chi connectivity index (χ1n) is 5.61. The largest absolute Gasteiger partial charge is 0.496 e. The van der Waals surface area contributed by atoms with Crippen molar-refractivity contribution in [3.8, 4) is 5.75 Å². The third kappa shape index (κ3) is 4.38. The molecule has 0 heterocycles. The van der Waals surface area contributed by atoms with Crippen LogP contribution in [-0.4, -0.2) is 24.4 Å². The SMILES string of the molecule is COc1ccc(C)cc1C(=O)NCCC(C)Br. The van der Waals surface area contributed by atoms with Crippen LogP contribution in [0.4, 0.5) is 0 Å². The van der Waals surface area contributed by atoms with Gasteiger partial charge in [0.05, 0.1) is 12.7 Å². The molecule has 1 aromatic rings. The first kappa shape index (κ1) is 14.0. The Morgan fingerprint density at radius 3 is 2.82 bits per heavy atom. The van der Waals surface area contributed by atoms with Crippen LogP contribution < -0.4 is 10.1 Å². The van der Waals surface area contributed by atoms with Crippen LogP contribution in [0.15, 0.2) is 18.2 Å². The Morgan fingerprint density at radius 2 is 2.24 bits per heavy atom. The van der Waals surface area contributed by atoms with Gasteiger partial charge >= 0.3 is 0 Å². The lowest BCUT2D eigenvalue weighted by atomic mass is 10.1. The van der Waals surface area contributed by atoms with Crippen LogP contribution in [0.5, 0.6) is 5.75 Å². The molecule has 0 aliphatic carbocycles. The van der Waals surface area contributed by atoms with E-state index in [2.05, 4.69) is 28.2 Å². The minimum Gasteiger partial charge on any atom is -0.496 e. The Balaban J connectivity index is 2.70. The second-order valence-electron chi connectivity index (χ2n) is 4.03. The predicted octanol–water partition coefficient (Wildman–Crippen LogP) is 2.91. The van der Waals surface area contributed by atoms with Crippen LogP contribution >= 0.6 is 15.9 Å². The maximum Gasteiger partial charge on any atom is 0.255 e. The van der Waals surface area contributed by atoms with Crippen LogP contribution in [0.25, 0.3) is 0 Å². The van der Waals surface area contributed by atoms with Gasteiger partial charge in [0.25, 0.3) is 5.91 Å². The highest BCUT2D eigenvalue weighted by Crippen LogP contribution is 2.19. The summed E-state index contributed by atoms with van der Waals surface area (Å²) in [6.45, 7) is 4.67. The van der Waals surface area contributed by atoms with E-state index >= 15 is 0 Å². The number of hydrogen-bond acceptors (Lipinski definition) is 2. The van der Waals surface area contributed by atoms with Crippen molar-refractivity contribution in [1.29, 1.82) is 0 Å². The van der Waals surface area contributed by atoms with E-state index in [9.17, 15) is 4.79 Å². The summed E-state index contributed by atoms with van der Waals surface area (Å²) in [5.41, 5.74) is 1.64. The Kier molecular flexibility index (Phi) is 5.48. The number of aryl methyl sites for hydroxylation is 1. The van der Waals surface area contributed by atoms with Gasteiger partial charge in [0.2, 0.25) is 0 Å². The van der Waals surface area contributed by atoms with Gasteiger partial charge in [-0.1, -0.05) is 34.5 Å². The number of benzene rings is 1. The molecule has 0 saturated carbocycles. The average Bonchev–Trinajstić information content (AvgIpc) is 2.28. The minimum atomic E-state index is -0.0845. The fourth-order valence-electron chi connectivity index (χ4n) is 1.48. The zero-order chi connectivity index (χ0) is 12.8. The van der Waals surface area contributed by atoms with Gasteiger partial charge in [-0.2, -0.15) is 0 Å². The van der Waals surface area contributed by atoms with Gasteiger partial charge in [-0.25, -0.2) is 0 Å². The molecular formula is C13H18BrNO2. The number of rotatable bonds is 5. The highest BCUT2D eigenvalue weighted by molar-refractivity contribution is 9.09. The molecular weight excluding hydrogens is 282 g/mol. The summed E-state index contributed by atoms with van der Waals surface area (Å²) >= 11 is 3.44. The number of carbonyl (C=O) groups is 1. The predicted molar refractivity (Wildman–Crippen MR) is 73.1 cm³/mol. The third-order valence-electron chi connectivity index (χ3n) is 2.43. The van der Waals surface area contributed by atoms with Gasteiger partial charge in [0, 0.05) is 11.4 Å². The molecule has 3 nitrogen and oxygen atoms in total. The summed E-state index contributed by atoms with van der Waals surface area (Å²) in [4.78, 5) is 12.4. The van der Waals surface area contributed by atoms with Crippen LogP contribution in [0.1, 0.15) is 29.3 Å². The maximum atomic E-state index is 12.0. The molecule has 0 bridgehead atoms. The fourth-order valence-corrected chi connectivity index (χ4v) is 1.71. The zero-order valence-electron chi connectivity index (χ0n) is 10.4. The van der Waals surface area contributed by atoms with Crippen LogP contribution in [0, 0.1) is 6.92 Å². The van der Waals surface area contributed by atoms with Crippen molar-refractivity contribution in [1.82, 2.24) is 5.32 Å². The minimum absolute atomic E-state index is 0.0845. The van der Waals surface area contributed by atoms with Gasteiger partial charge in [-0.15, -0.1) is 0 Å². The Bertz CT molecular complexity index is 391. The summed E-state index contributed by atoms with van der Waals surface area (Å²) in [5, 5.41) is 2.88.